The van der Waals surface area contributed by atoms with Crippen molar-refractivity contribution in [3.05, 3.63) is 23.8 Å². The average Bonchev–Trinajstić information content (AvgIpc) is 2.41. The number of thioether (sulfide) groups is 1. The maximum atomic E-state index is 6.08. The number of rotatable bonds is 5. The van der Waals surface area contributed by atoms with E-state index in [0.717, 1.165) is 35.7 Å². The molecule has 18 heavy (non-hydrogen) atoms. The van der Waals surface area contributed by atoms with E-state index in [-0.39, 0.29) is 0 Å². The third-order valence-corrected chi connectivity index (χ3v) is 4.28. The van der Waals surface area contributed by atoms with Gasteiger partial charge in [0.2, 0.25) is 0 Å². The second-order valence-electron chi connectivity index (χ2n) is 4.44. The zero-order valence-corrected chi connectivity index (χ0v) is 11.7. The molecule has 1 unspecified atom stereocenters. The van der Waals surface area contributed by atoms with Gasteiger partial charge in [0.25, 0.3) is 0 Å². The van der Waals surface area contributed by atoms with Crippen molar-refractivity contribution in [3.8, 4) is 11.5 Å². The van der Waals surface area contributed by atoms with Crippen LogP contribution in [0.3, 0.4) is 0 Å². The number of ether oxygens (including phenoxy) is 2. The van der Waals surface area contributed by atoms with Crippen molar-refractivity contribution in [1.29, 1.82) is 0 Å². The van der Waals surface area contributed by atoms with Crippen LogP contribution in [-0.2, 0) is 6.42 Å². The summed E-state index contributed by atoms with van der Waals surface area (Å²) in [6.45, 7) is 0.624. The third-order valence-electron chi connectivity index (χ3n) is 3.09. The number of hydrogen-bond acceptors (Lipinski definition) is 4. The van der Waals surface area contributed by atoms with Crippen LogP contribution in [0.25, 0.3) is 0 Å². The van der Waals surface area contributed by atoms with Crippen LogP contribution in [0.4, 0.5) is 0 Å². The van der Waals surface area contributed by atoms with Gasteiger partial charge in [-0.15, -0.1) is 0 Å². The summed E-state index contributed by atoms with van der Waals surface area (Å²) in [5.74, 6) is 4.03. The minimum atomic E-state index is 0.311. The SMILES string of the molecule is COc1c(CCN)cccc1OC1CCCSC1. The van der Waals surface area contributed by atoms with Gasteiger partial charge in [-0.05, 0) is 43.2 Å². The summed E-state index contributed by atoms with van der Waals surface area (Å²) in [6.07, 6.45) is 3.50. The van der Waals surface area contributed by atoms with Gasteiger partial charge in [-0.2, -0.15) is 11.8 Å². The summed E-state index contributed by atoms with van der Waals surface area (Å²) in [5, 5.41) is 0. The van der Waals surface area contributed by atoms with Crippen LogP contribution < -0.4 is 15.2 Å². The molecule has 100 valence electrons. The number of para-hydroxylation sites is 1. The Morgan fingerprint density at radius 1 is 1.44 bits per heavy atom. The molecule has 1 aromatic carbocycles. The van der Waals surface area contributed by atoms with Crippen LogP contribution in [0, 0.1) is 0 Å². The fraction of sp³-hybridized carbons (Fsp3) is 0.571. The molecular formula is C14H21NO2S. The van der Waals surface area contributed by atoms with Crippen molar-refractivity contribution < 1.29 is 9.47 Å². The minimum absolute atomic E-state index is 0.311. The molecule has 0 saturated carbocycles. The lowest BCUT2D eigenvalue weighted by molar-refractivity contribution is 0.202. The van der Waals surface area contributed by atoms with Gasteiger partial charge in [0.15, 0.2) is 11.5 Å². The van der Waals surface area contributed by atoms with Gasteiger partial charge in [0.1, 0.15) is 6.10 Å². The predicted octanol–water partition coefficient (Wildman–Crippen LogP) is 2.47. The van der Waals surface area contributed by atoms with E-state index in [2.05, 4.69) is 0 Å². The zero-order valence-electron chi connectivity index (χ0n) is 10.9. The second kappa shape index (κ2) is 6.90. The summed E-state index contributed by atoms with van der Waals surface area (Å²) >= 11 is 1.96. The maximum Gasteiger partial charge on any atom is 0.163 e. The van der Waals surface area contributed by atoms with E-state index >= 15 is 0 Å². The minimum Gasteiger partial charge on any atom is -0.493 e. The van der Waals surface area contributed by atoms with E-state index in [9.17, 15) is 0 Å². The van der Waals surface area contributed by atoms with Crippen LogP contribution in [0.2, 0.25) is 0 Å². The summed E-state index contributed by atoms with van der Waals surface area (Å²) < 4.78 is 11.6. The van der Waals surface area contributed by atoms with E-state index < -0.39 is 0 Å². The normalized spacial score (nSPS) is 19.6. The Bertz CT molecular complexity index is 378. The highest BCUT2D eigenvalue weighted by atomic mass is 32.2. The van der Waals surface area contributed by atoms with Crippen molar-refractivity contribution >= 4 is 11.8 Å². The van der Waals surface area contributed by atoms with E-state index in [1.165, 1.54) is 12.2 Å². The Kier molecular flexibility index (Phi) is 5.20. The Morgan fingerprint density at radius 2 is 2.33 bits per heavy atom. The summed E-state index contributed by atoms with van der Waals surface area (Å²) in [7, 11) is 1.69. The highest BCUT2D eigenvalue weighted by Gasteiger charge is 2.18. The highest BCUT2D eigenvalue weighted by Crippen LogP contribution is 2.33. The van der Waals surface area contributed by atoms with Crippen LogP contribution in [0.5, 0.6) is 11.5 Å². The Hall–Kier alpha value is -0.870. The molecule has 1 atom stereocenters. The monoisotopic (exact) mass is 267 g/mol. The number of benzene rings is 1. The molecule has 1 aliphatic rings. The lowest BCUT2D eigenvalue weighted by atomic mass is 10.1. The smallest absolute Gasteiger partial charge is 0.163 e. The molecule has 0 radical (unpaired) electrons. The van der Waals surface area contributed by atoms with Gasteiger partial charge in [-0.3, -0.25) is 0 Å². The quantitative estimate of drug-likeness (QED) is 0.890. The fourth-order valence-electron chi connectivity index (χ4n) is 2.22. The largest absolute Gasteiger partial charge is 0.493 e. The van der Waals surface area contributed by atoms with Gasteiger partial charge in [-0.25, -0.2) is 0 Å². The van der Waals surface area contributed by atoms with E-state index in [0.29, 0.717) is 12.6 Å². The molecule has 2 N–H and O–H groups in total. The van der Waals surface area contributed by atoms with Crippen molar-refractivity contribution in [1.82, 2.24) is 0 Å². The Labute approximate surface area is 113 Å². The van der Waals surface area contributed by atoms with Gasteiger partial charge < -0.3 is 15.2 Å². The summed E-state index contributed by atoms with van der Waals surface area (Å²) in [4.78, 5) is 0. The van der Waals surface area contributed by atoms with Gasteiger partial charge in [0, 0.05) is 5.75 Å². The molecule has 1 aromatic rings. The molecule has 3 nitrogen and oxygen atoms in total. The predicted molar refractivity (Wildman–Crippen MR) is 76.7 cm³/mol. The molecule has 1 fully saturated rings. The van der Waals surface area contributed by atoms with Crippen molar-refractivity contribution in [2.45, 2.75) is 25.4 Å². The third kappa shape index (κ3) is 3.33. The Morgan fingerprint density at radius 3 is 3.00 bits per heavy atom. The molecule has 1 aliphatic heterocycles. The molecule has 2 rings (SSSR count). The number of nitrogens with two attached hydrogens (primary N) is 1. The molecule has 0 aromatic heterocycles. The molecule has 0 spiro atoms. The molecule has 4 heteroatoms. The highest BCUT2D eigenvalue weighted by molar-refractivity contribution is 7.99. The summed E-state index contributed by atoms with van der Waals surface area (Å²) in [6, 6.07) is 6.05. The average molecular weight is 267 g/mol. The van der Waals surface area contributed by atoms with E-state index in [1.807, 2.05) is 30.0 Å². The number of methoxy groups -OCH3 is 1. The first-order chi connectivity index (χ1) is 8.85. The van der Waals surface area contributed by atoms with Gasteiger partial charge in [0.05, 0.1) is 7.11 Å². The molecule has 0 aliphatic carbocycles. The first kappa shape index (κ1) is 13.6. The lowest BCUT2D eigenvalue weighted by Gasteiger charge is -2.24. The fourth-order valence-corrected chi connectivity index (χ4v) is 3.26. The number of hydrogen-bond donors (Lipinski definition) is 1. The van der Waals surface area contributed by atoms with Gasteiger partial charge in [-0.1, -0.05) is 12.1 Å². The zero-order chi connectivity index (χ0) is 12.8. The molecule has 1 saturated heterocycles. The van der Waals surface area contributed by atoms with Crippen LogP contribution in [0.15, 0.2) is 18.2 Å². The standard InChI is InChI=1S/C14H21NO2S/c1-16-14-11(7-8-15)4-2-6-13(14)17-12-5-3-9-18-10-12/h2,4,6,12H,3,5,7-10,15H2,1H3. The summed E-state index contributed by atoms with van der Waals surface area (Å²) in [5.41, 5.74) is 6.74. The van der Waals surface area contributed by atoms with Crippen LogP contribution >= 0.6 is 11.8 Å². The van der Waals surface area contributed by atoms with Crippen molar-refractivity contribution in [3.63, 3.8) is 0 Å². The van der Waals surface area contributed by atoms with Crippen LogP contribution in [-0.4, -0.2) is 31.3 Å². The van der Waals surface area contributed by atoms with E-state index in [1.54, 1.807) is 7.11 Å². The van der Waals surface area contributed by atoms with E-state index in [4.69, 9.17) is 15.2 Å². The first-order valence-electron chi connectivity index (χ1n) is 6.45. The maximum absolute atomic E-state index is 6.08. The lowest BCUT2D eigenvalue weighted by Crippen LogP contribution is -2.23. The second-order valence-corrected chi connectivity index (χ2v) is 5.59. The van der Waals surface area contributed by atoms with Crippen LogP contribution in [0.1, 0.15) is 18.4 Å². The molecule has 0 bridgehead atoms. The van der Waals surface area contributed by atoms with Crippen molar-refractivity contribution in [2.24, 2.45) is 5.73 Å². The topological polar surface area (TPSA) is 44.5 Å². The first-order valence-corrected chi connectivity index (χ1v) is 7.61. The van der Waals surface area contributed by atoms with Gasteiger partial charge >= 0.3 is 0 Å². The molecular weight excluding hydrogens is 246 g/mol. The molecule has 1 heterocycles. The van der Waals surface area contributed by atoms with Crippen molar-refractivity contribution in [2.75, 3.05) is 25.2 Å². The molecule has 0 amide bonds. The Balaban J connectivity index is 2.12.